The molecule has 6 heteroatoms. The fourth-order valence-corrected chi connectivity index (χ4v) is 3.05. The van der Waals surface area contributed by atoms with Crippen LogP contribution in [0, 0.1) is 17.2 Å². The number of hydrogen-bond acceptors (Lipinski definition) is 5. The second-order valence-electron chi connectivity index (χ2n) is 4.22. The van der Waals surface area contributed by atoms with Gasteiger partial charge in [0, 0.05) is 11.6 Å². The lowest BCUT2D eigenvalue weighted by Crippen LogP contribution is -2.47. The Bertz CT molecular complexity index is 436. The zero-order valence-corrected chi connectivity index (χ0v) is 11.1. The summed E-state index contributed by atoms with van der Waals surface area (Å²) >= 11 is 2.92. The van der Waals surface area contributed by atoms with Gasteiger partial charge in [-0.3, -0.25) is 4.79 Å². The number of rotatable bonds is 5. The molecule has 1 saturated carbocycles. The molecule has 0 unspecified atom stereocenters. The molecule has 1 aromatic rings. The van der Waals surface area contributed by atoms with Crippen LogP contribution in [0.15, 0.2) is 15.9 Å². The highest BCUT2D eigenvalue weighted by atomic mass is 32.2. The van der Waals surface area contributed by atoms with E-state index < -0.39 is 5.54 Å². The minimum Gasteiger partial charge on any atom is -0.337 e. The SMILES string of the molecule is C[C@@](C#N)(NC(=O)CSc1nccs1)C1CC1. The third-order valence-electron chi connectivity index (χ3n) is 2.76. The summed E-state index contributed by atoms with van der Waals surface area (Å²) in [6.45, 7) is 1.80. The molecule has 1 atom stereocenters. The standard InChI is InChI=1S/C11H13N3OS2/c1-11(7-12,8-2-3-8)14-9(15)6-17-10-13-4-5-16-10/h4-5,8H,2-3,6H2,1H3,(H,14,15)/t11-/m0/s1. The summed E-state index contributed by atoms with van der Waals surface area (Å²) in [7, 11) is 0. The lowest BCUT2D eigenvalue weighted by Gasteiger charge is -2.22. The molecule has 1 fully saturated rings. The molecule has 1 aliphatic rings. The van der Waals surface area contributed by atoms with E-state index in [0.29, 0.717) is 11.7 Å². The van der Waals surface area contributed by atoms with Crippen LogP contribution in [0.25, 0.3) is 0 Å². The van der Waals surface area contributed by atoms with E-state index in [0.717, 1.165) is 17.2 Å². The first-order chi connectivity index (χ1) is 8.14. The molecule has 0 bridgehead atoms. The van der Waals surface area contributed by atoms with Gasteiger partial charge in [0.05, 0.1) is 11.8 Å². The van der Waals surface area contributed by atoms with Gasteiger partial charge in [-0.1, -0.05) is 11.8 Å². The van der Waals surface area contributed by atoms with Crippen molar-refractivity contribution >= 4 is 29.0 Å². The van der Waals surface area contributed by atoms with E-state index in [1.807, 2.05) is 5.38 Å². The van der Waals surface area contributed by atoms with Gasteiger partial charge in [0.1, 0.15) is 9.88 Å². The molecular formula is C11H13N3OS2. The zero-order valence-electron chi connectivity index (χ0n) is 9.47. The fraction of sp³-hybridized carbons (Fsp3) is 0.545. The average Bonchev–Trinajstić information content (AvgIpc) is 3.05. The van der Waals surface area contributed by atoms with Crippen molar-refractivity contribution in [3.8, 4) is 6.07 Å². The van der Waals surface area contributed by atoms with E-state index in [4.69, 9.17) is 5.26 Å². The molecule has 1 aliphatic carbocycles. The maximum absolute atomic E-state index is 11.7. The number of nitrogens with zero attached hydrogens (tertiary/aromatic N) is 2. The van der Waals surface area contributed by atoms with Crippen LogP contribution in [0.2, 0.25) is 0 Å². The molecule has 17 heavy (non-hydrogen) atoms. The van der Waals surface area contributed by atoms with E-state index in [2.05, 4.69) is 16.4 Å². The number of carbonyl (C=O) groups excluding carboxylic acids is 1. The predicted octanol–water partition coefficient (Wildman–Crippen LogP) is 2.04. The molecule has 0 aromatic carbocycles. The van der Waals surface area contributed by atoms with Crippen molar-refractivity contribution in [1.82, 2.24) is 10.3 Å². The summed E-state index contributed by atoms with van der Waals surface area (Å²) in [5.74, 6) is 0.541. The molecular weight excluding hydrogens is 254 g/mol. The number of aromatic nitrogens is 1. The number of thioether (sulfide) groups is 1. The zero-order chi connectivity index (χ0) is 12.3. The van der Waals surface area contributed by atoms with Gasteiger partial charge >= 0.3 is 0 Å². The molecule has 0 radical (unpaired) electrons. The highest BCUT2D eigenvalue weighted by molar-refractivity contribution is 8.01. The summed E-state index contributed by atoms with van der Waals surface area (Å²) in [5, 5.41) is 13.8. The van der Waals surface area contributed by atoms with Crippen LogP contribution in [-0.4, -0.2) is 22.2 Å². The quantitative estimate of drug-likeness (QED) is 0.829. The Morgan fingerprint density at radius 2 is 2.59 bits per heavy atom. The van der Waals surface area contributed by atoms with Crippen LogP contribution in [0.4, 0.5) is 0 Å². The van der Waals surface area contributed by atoms with Crippen molar-refractivity contribution in [3.63, 3.8) is 0 Å². The summed E-state index contributed by atoms with van der Waals surface area (Å²) in [4.78, 5) is 15.8. The van der Waals surface area contributed by atoms with Crippen molar-refractivity contribution in [1.29, 1.82) is 5.26 Å². The third-order valence-corrected chi connectivity index (χ3v) is 4.73. The maximum Gasteiger partial charge on any atom is 0.231 e. The van der Waals surface area contributed by atoms with Gasteiger partial charge in [0.25, 0.3) is 0 Å². The van der Waals surface area contributed by atoms with Gasteiger partial charge in [-0.05, 0) is 25.7 Å². The minimum atomic E-state index is -0.694. The molecule has 0 spiro atoms. The average molecular weight is 267 g/mol. The number of nitriles is 1. The predicted molar refractivity (Wildman–Crippen MR) is 67.7 cm³/mol. The van der Waals surface area contributed by atoms with Crippen LogP contribution in [0.1, 0.15) is 19.8 Å². The van der Waals surface area contributed by atoms with Crippen LogP contribution < -0.4 is 5.32 Å². The molecule has 2 rings (SSSR count). The lowest BCUT2D eigenvalue weighted by atomic mass is 9.98. The Morgan fingerprint density at radius 1 is 1.82 bits per heavy atom. The van der Waals surface area contributed by atoms with Gasteiger partial charge in [-0.25, -0.2) is 4.98 Å². The first kappa shape index (κ1) is 12.4. The number of thiazole rings is 1. The molecule has 0 aliphatic heterocycles. The number of nitrogens with one attached hydrogen (secondary N) is 1. The Kier molecular flexibility index (Phi) is 3.69. The number of carbonyl (C=O) groups is 1. The van der Waals surface area contributed by atoms with E-state index >= 15 is 0 Å². The summed E-state index contributed by atoms with van der Waals surface area (Å²) in [6, 6.07) is 2.21. The van der Waals surface area contributed by atoms with Crippen molar-refractivity contribution in [3.05, 3.63) is 11.6 Å². The van der Waals surface area contributed by atoms with Gasteiger partial charge in [-0.15, -0.1) is 11.3 Å². The molecule has 0 saturated heterocycles. The largest absolute Gasteiger partial charge is 0.337 e. The number of hydrogen-bond donors (Lipinski definition) is 1. The second kappa shape index (κ2) is 5.07. The van der Waals surface area contributed by atoms with Crippen molar-refractivity contribution < 1.29 is 4.79 Å². The highest BCUT2D eigenvalue weighted by Gasteiger charge is 2.42. The molecule has 1 heterocycles. The summed E-state index contributed by atoms with van der Waals surface area (Å²) in [6.07, 6.45) is 3.78. The van der Waals surface area contributed by atoms with E-state index in [9.17, 15) is 4.79 Å². The van der Waals surface area contributed by atoms with Crippen LogP contribution >= 0.6 is 23.1 Å². The van der Waals surface area contributed by atoms with Gasteiger partial charge < -0.3 is 5.32 Å². The minimum absolute atomic E-state index is 0.0962. The Labute approximate surface area is 108 Å². The van der Waals surface area contributed by atoms with Crippen LogP contribution in [0.3, 0.4) is 0 Å². The Morgan fingerprint density at radius 3 is 3.12 bits per heavy atom. The second-order valence-corrected chi connectivity index (χ2v) is 6.34. The summed E-state index contributed by atoms with van der Waals surface area (Å²) < 4.78 is 0.880. The van der Waals surface area contributed by atoms with E-state index in [1.54, 1.807) is 13.1 Å². The van der Waals surface area contributed by atoms with Crippen LogP contribution in [0.5, 0.6) is 0 Å². The molecule has 1 amide bonds. The molecule has 90 valence electrons. The first-order valence-electron chi connectivity index (χ1n) is 5.38. The molecule has 1 N–H and O–H groups in total. The van der Waals surface area contributed by atoms with Crippen LogP contribution in [-0.2, 0) is 4.79 Å². The maximum atomic E-state index is 11.7. The smallest absolute Gasteiger partial charge is 0.231 e. The third kappa shape index (κ3) is 3.20. The van der Waals surface area contributed by atoms with E-state index in [-0.39, 0.29) is 5.91 Å². The number of amides is 1. The van der Waals surface area contributed by atoms with Gasteiger partial charge in [-0.2, -0.15) is 5.26 Å². The van der Waals surface area contributed by atoms with Gasteiger partial charge in [0.15, 0.2) is 0 Å². The summed E-state index contributed by atoms with van der Waals surface area (Å²) in [5.41, 5.74) is -0.694. The van der Waals surface area contributed by atoms with Crippen molar-refractivity contribution in [2.24, 2.45) is 5.92 Å². The van der Waals surface area contributed by atoms with Crippen molar-refractivity contribution in [2.45, 2.75) is 29.6 Å². The lowest BCUT2D eigenvalue weighted by molar-refractivity contribution is -0.119. The molecule has 1 aromatic heterocycles. The van der Waals surface area contributed by atoms with Crippen molar-refractivity contribution in [2.75, 3.05) is 5.75 Å². The molecule has 4 nitrogen and oxygen atoms in total. The first-order valence-corrected chi connectivity index (χ1v) is 7.25. The Balaban J connectivity index is 1.82. The monoisotopic (exact) mass is 267 g/mol. The normalized spacial score (nSPS) is 18.1. The van der Waals surface area contributed by atoms with Gasteiger partial charge in [0.2, 0.25) is 5.91 Å². The van der Waals surface area contributed by atoms with E-state index in [1.165, 1.54) is 23.1 Å². The Hall–Kier alpha value is -1.06. The fourth-order valence-electron chi connectivity index (χ4n) is 1.62. The topological polar surface area (TPSA) is 65.8 Å². The highest BCUT2D eigenvalue weighted by Crippen LogP contribution is 2.39.